The molecule has 2 heteroatoms. The second kappa shape index (κ2) is 4.31. The van der Waals surface area contributed by atoms with Gasteiger partial charge in [0.25, 0.3) is 0 Å². The SMILES string of the molecule is CCC(P)CC1CCCN1. The summed E-state index contributed by atoms with van der Waals surface area (Å²) in [6, 6.07) is 0.822. The summed E-state index contributed by atoms with van der Waals surface area (Å²) >= 11 is 0. The summed E-state index contributed by atoms with van der Waals surface area (Å²) in [6.45, 7) is 3.50. The van der Waals surface area contributed by atoms with Crippen LogP contribution < -0.4 is 5.32 Å². The van der Waals surface area contributed by atoms with Crippen molar-refractivity contribution in [2.45, 2.75) is 44.3 Å². The first-order valence-electron chi connectivity index (χ1n) is 4.32. The third-order valence-corrected chi connectivity index (χ3v) is 3.02. The van der Waals surface area contributed by atoms with E-state index >= 15 is 0 Å². The van der Waals surface area contributed by atoms with Crippen molar-refractivity contribution in [2.75, 3.05) is 6.54 Å². The van der Waals surface area contributed by atoms with E-state index in [4.69, 9.17) is 0 Å². The van der Waals surface area contributed by atoms with E-state index in [-0.39, 0.29) is 0 Å². The van der Waals surface area contributed by atoms with Crippen LogP contribution in [0.15, 0.2) is 0 Å². The minimum Gasteiger partial charge on any atom is -0.314 e. The molecule has 3 atom stereocenters. The van der Waals surface area contributed by atoms with Crippen LogP contribution in [-0.4, -0.2) is 18.2 Å². The molecule has 0 saturated carbocycles. The van der Waals surface area contributed by atoms with Gasteiger partial charge < -0.3 is 5.32 Å². The number of nitrogens with one attached hydrogen (secondary N) is 1. The molecule has 0 aromatic rings. The van der Waals surface area contributed by atoms with Crippen molar-refractivity contribution in [3.8, 4) is 0 Å². The highest BCUT2D eigenvalue weighted by molar-refractivity contribution is 7.17. The molecule has 1 nitrogen and oxygen atoms in total. The number of rotatable bonds is 3. The summed E-state index contributed by atoms with van der Waals surface area (Å²) in [5.41, 5.74) is 0.829. The van der Waals surface area contributed by atoms with Crippen molar-refractivity contribution < 1.29 is 0 Å². The van der Waals surface area contributed by atoms with Gasteiger partial charge in [-0.05, 0) is 37.9 Å². The van der Waals surface area contributed by atoms with Gasteiger partial charge in [-0.25, -0.2) is 0 Å². The van der Waals surface area contributed by atoms with Gasteiger partial charge in [-0.15, -0.1) is 9.24 Å². The van der Waals surface area contributed by atoms with Crippen molar-refractivity contribution in [1.82, 2.24) is 5.32 Å². The molecule has 1 saturated heterocycles. The Morgan fingerprint density at radius 3 is 3.00 bits per heavy atom. The van der Waals surface area contributed by atoms with E-state index in [1.165, 1.54) is 32.2 Å². The zero-order valence-electron chi connectivity index (χ0n) is 6.77. The Kier molecular flexibility index (Phi) is 3.65. The molecular formula is C8H18NP. The molecule has 1 aliphatic rings. The molecular weight excluding hydrogens is 141 g/mol. The van der Waals surface area contributed by atoms with E-state index in [9.17, 15) is 0 Å². The lowest BCUT2D eigenvalue weighted by Crippen LogP contribution is -2.24. The third-order valence-electron chi connectivity index (χ3n) is 2.27. The van der Waals surface area contributed by atoms with E-state index in [0.29, 0.717) is 0 Å². The van der Waals surface area contributed by atoms with E-state index in [2.05, 4.69) is 21.5 Å². The zero-order chi connectivity index (χ0) is 7.40. The van der Waals surface area contributed by atoms with Crippen molar-refractivity contribution in [3.05, 3.63) is 0 Å². The van der Waals surface area contributed by atoms with Crippen molar-refractivity contribution in [1.29, 1.82) is 0 Å². The summed E-state index contributed by atoms with van der Waals surface area (Å²) < 4.78 is 0. The first kappa shape index (κ1) is 8.49. The quantitative estimate of drug-likeness (QED) is 0.619. The molecule has 1 heterocycles. The van der Waals surface area contributed by atoms with E-state index in [1.54, 1.807) is 0 Å². The Balaban J connectivity index is 2.11. The van der Waals surface area contributed by atoms with Gasteiger partial charge in [-0.1, -0.05) is 6.92 Å². The molecule has 0 aromatic heterocycles. The minimum atomic E-state index is 0.822. The first-order valence-corrected chi connectivity index (χ1v) is 4.98. The maximum Gasteiger partial charge on any atom is 0.00733 e. The second-order valence-corrected chi connectivity index (χ2v) is 4.14. The molecule has 0 spiro atoms. The molecule has 0 bridgehead atoms. The molecule has 60 valence electrons. The maximum absolute atomic E-state index is 3.51. The lowest BCUT2D eigenvalue weighted by Gasteiger charge is -2.14. The lowest BCUT2D eigenvalue weighted by atomic mass is 10.1. The largest absolute Gasteiger partial charge is 0.314 e. The fourth-order valence-corrected chi connectivity index (χ4v) is 1.82. The summed E-state index contributed by atoms with van der Waals surface area (Å²) in [5, 5.41) is 3.51. The van der Waals surface area contributed by atoms with Gasteiger partial charge in [0.05, 0.1) is 0 Å². The Bertz CT molecular complexity index is 89.3. The van der Waals surface area contributed by atoms with Crippen LogP contribution in [0.25, 0.3) is 0 Å². The van der Waals surface area contributed by atoms with Gasteiger partial charge in [-0.3, -0.25) is 0 Å². The molecule has 1 fully saturated rings. The van der Waals surface area contributed by atoms with Crippen LogP contribution in [0.1, 0.15) is 32.6 Å². The molecule has 10 heavy (non-hydrogen) atoms. The standard InChI is InChI=1S/C8H18NP/c1-2-8(10)6-7-4-3-5-9-7/h7-9H,2-6,10H2,1H3. The minimum absolute atomic E-state index is 0.822. The highest BCUT2D eigenvalue weighted by Crippen LogP contribution is 2.17. The van der Waals surface area contributed by atoms with E-state index < -0.39 is 0 Å². The average Bonchev–Trinajstić information content (AvgIpc) is 2.40. The maximum atomic E-state index is 3.51. The predicted octanol–water partition coefficient (Wildman–Crippen LogP) is 1.78. The molecule has 1 aliphatic heterocycles. The highest BCUT2D eigenvalue weighted by Gasteiger charge is 2.15. The number of hydrogen-bond acceptors (Lipinski definition) is 1. The van der Waals surface area contributed by atoms with Gasteiger partial charge in [0, 0.05) is 6.04 Å². The normalized spacial score (nSPS) is 28.8. The Morgan fingerprint density at radius 1 is 1.70 bits per heavy atom. The molecule has 0 amide bonds. The number of hydrogen-bond donors (Lipinski definition) is 1. The summed E-state index contributed by atoms with van der Waals surface area (Å²) in [6.07, 6.45) is 5.42. The third kappa shape index (κ3) is 2.56. The summed E-state index contributed by atoms with van der Waals surface area (Å²) in [5.74, 6) is 0. The van der Waals surface area contributed by atoms with Gasteiger partial charge in [-0.2, -0.15) is 0 Å². The molecule has 0 radical (unpaired) electrons. The zero-order valence-corrected chi connectivity index (χ0v) is 7.92. The van der Waals surface area contributed by atoms with E-state index in [0.717, 1.165) is 11.7 Å². The molecule has 1 N–H and O–H groups in total. The predicted molar refractivity (Wildman–Crippen MR) is 49.4 cm³/mol. The fourth-order valence-electron chi connectivity index (χ4n) is 1.49. The van der Waals surface area contributed by atoms with Gasteiger partial charge in [0.15, 0.2) is 0 Å². The first-order chi connectivity index (χ1) is 4.83. The van der Waals surface area contributed by atoms with Crippen molar-refractivity contribution in [3.63, 3.8) is 0 Å². The summed E-state index contributed by atoms with van der Waals surface area (Å²) in [7, 11) is 2.92. The Labute approximate surface area is 66.2 Å². The molecule has 0 aromatic carbocycles. The Hall–Kier alpha value is 0.390. The smallest absolute Gasteiger partial charge is 0.00733 e. The fraction of sp³-hybridized carbons (Fsp3) is 1.00. The second-order valence-electron chi connectivity index (χ2n) is 3.20. The van der Waals surface area contributed by atoms with Crippen LogP contribution in [0.3, 0.4) is 0 Å². The van der Waals surface area contributed by atoms with Crippen LogP contribution >= 0.6 is 9.24 Å². The van der Waals surface area contributed by atoms with Gasteiger partial charge in [0.2, 0.25) is 0 Å². The molecule has 3 unspecified atom stereocenters. The average molecular weight is 159 g/mol. The molecule has 0 aliphatic carbocycles. The van der Waals surface area contributed by atoms with Crippen molar-refractivity contribution in [2.24, 2.45) is 0 Å². The summed E-state index contributed by atoms with van der Waals surface area (Å²) in [4.78, 5) is 0. The Morgan fingerprint density at radius 2 is 2.50 bits per heavy atom. The van der Waals surface area contributed by atoms with Crippen LogP contribution in [0, 0.1) is 0 Å². The van der Waals surface area contributed by atoms with Crippen LogP contribution in [0.2, 0.25) is 0 Å². The monoisotopic (exact) mass is 159 g/mol. The topological polar surface area (TPSA) is 12.0 Å². The van der Waals surface area contributed by atoms with Crippen LogP contribution in [-0.2, 0) is 0 Å². The highest BCUT2D eigenvalue weighted by atomic mass is 31.0. The van der Waals surface area contributed by atoms with Crippen molar-refractivity contribution >= 4 is 9.24 Å². The van der Waals surface area contributed by atoms with Gasteiger partial charge >= 0.3 is 0 Å². The van der Waals surface area contributed by atoms with Gasteiger partial charge in [0.1, 0.15) is 0 Å². The van der Waals surface area contributed by atoms with E-state index in [1.807, 2.05) is 0 Å². The lowest BCUT2D eigenvalue weighted by molar-refractivity contribution is 0.540. The van der Waals surface area contributed by atoms with Crippen LogP contribution in [0.4, 0.5) is 0 Å². The van der Waals surface area contributed by atoms with Crippen LogP contribution in [0.5, 0.6) is 0 Å². The molecule has 1 rings (SSSR count).